The molecule has 3 rings (SSSR count). The third-order valence-electron chi connectivity index (χ3n) is 2.53. The number of halogens is 1. The van der Waals surface area contributed by atoms with Crippen molar-refractivity contribution in [3.8, 4) is 0 Å². The van der Waals surface area contributed by atoms with E-state index in [4.69, 9.17) is 9.47 Å². The molecule has 2 fully saturated rings. The predicted octanol–water partition coefficient (Wildman–Crippen LogP) is 1.24. The summed E-state index contributed by atoms with van der Waals surface area (Å²) in [5.74, 6) is 0. The fraction of sp³-hybridized carbons (Fsp3) is 0.714. The average Bonchev–Trinajstić information content (AvgIpc) is 2.61. The van der Waals surface area contributed by atoms with Crippen LogP contribution in [-0.4, -0.2) is 23.9 Å². The zero-order valence-electron chi connectivity index (χ0n) is 5.50. The molecule has 0 radical (unpaired) electrons. The van der Waals surface area contributed by atoms with Gasteiger partial charge in [0.05, 0.1) is 0 Å². The van der Waals surface area contributed by atoms with Crippen LogP contribution in [0.25, 0.3) is 0 Å². The van der Waals surface area contributed by atoms with Crippen LogP contribution in [-0.2, 0) is 9.47 Å². The fourth-order valence-corrected chi connectivity index (χ4v) is 2.47. The first-order chi connectivity index (χ1) is 4.72. The van der Waals surface area contributed by atoms with Crippen LogP contribution in [0.2, 0.25) is 0 Å². The molecule has 3 heteroatoms. The van der Waals surface area contributed by atoms with Gasteiger partial charge in [-0.25, -0.2) is 0 Å². The van der Waals surface area contributed by atoms with E-state index in [-0.39, 0.29) is 5.60 Å². The van der Waals surface area contributed by atoms with E-state index in [1.807, 2.05) is 0 Å². The molecule has 10 heavy (non-hydrogen) atoms. The number of epoxide rings is 2. The smallest absolute Gasteiger partial charge is 0.125 e. The van der Waals surface area contributed by atoms with Gasteiger partial charge in [0.1, 0.15) is 23.9 Å². The molecule has 0 spiro atoms. The van der Waals surface area contributed by atoms with E-state index in [0.717, 1.165) is 0 Å². The average molecular weight is 250 g/mol. The van der Waals surface area contributed by atoms with Crippen LogP contribution in [0.1, 0.15) is 6.92 Å². The monoisotopic (exact) mass is 250 g/mol. The summed E-state index contributed by atoms with van der Waals surface area (Å²) in [5.41, 5.74) is 0.0549. The molecule has 0 unspecified atom stereocenters. The van der Waals surface area contributed by atoms with Gasteiger partial charge in [0, 0.05) is 3.58 Å². The van der Waals surface area contributed by atoms with Gasteiger partial charge in [-0.1, -0.05) is 0 Å². The minimum atomic E-state index is 0.0549. The lowest BCUT2D eigenvalue weighted by Gasteiger charge is -2.03. The van der Waals surface area contributed by atoms with Crippen LogP contribution in [0.4, 0.5) is 0 Å². The summed E-state index contributed by atoms with van der Waals surface area (Å²) in [6, 6.07) is 0. The maximum absolute atomic E-state index is 5.48. The van der Waals surface area contributed by atoms with Crippen molar-refractivity contribution in [1.82, 2.24) is 0 Å². The van der Waals surface area contributed by atoms with Gasteiger partial charge in [-0.3, -0.25) is 0 Å². The van der Waals surface area contributed by atoms with Crippen LogP contribution >= 0.6 is 22.6 Å². The molecule has 2 heterocycles. The summed E-state index contributed by atoms with van der Waals surface area (Å²) in [6.07, 6.45) is 3.27. The first kappa shape index (κ1) is 5.97. The second kappa shape index (κ2) is 1.44. The lowest BCUT2D eigenvalue weighted by molar-refractivity contribution is 0.248. The van der Waals surface area contributed by atoms with Crippen molar-refractivity contribution in [3.63, 3.8) is 0 Å². The number of hydrogen-bond acceptors (Lipinski definition) is 2. The summed E-state index contributed by atoms with van der Waals surface area (Å²) >= 11 is 2.33. The van der Waals surface area contributed by atoms with E-state index in [2.05, 4.69) is 35.6 Å². The molecule has 0 N–H and O–H groups in total. The Morgan fingerprint density at radius 1 is 1.70 bits per heavy atom. The fourth-order valence-electron chi connectivity index (χ4n) is 1.67. The van der Waals surface area contributed by atoms with Crippen molar-refractivity contribution >= 4 is 22.6 Å². The van der Waals surface area contributed by atoms with E-state index in [9.17, 15) is 0 Å². The van der Waals surface area contributed by atoms with Crippen molar-refractivity contribution in [2.45, 2.75) is 30.8 Å². The van der Waals surface area contributed by atoms with E-state index >= 15 is 0 Å². The Hall–Kier alpha value is 0.390. The van der Waals surface area contributed by atoms with E-state index in [1.54, 1.807) is 0 Å². The summed E-state index contributed by atoms with van der Waals surface area (Å²) < 4.78 is 12.3. The summed E-state index contributed by atoms with van der Waals surface area (Å²) in [6.45, 7) is 2.13. The van der Waals surface area contributed by atoms with Crippen molar-refractivity contribution in [3.05, 3.63) is 9.66 Å². The summed E-state index contributed by atoms with van der Waals surface area (Å²) in [5, 5.41) is 0. The van der Waals surface area contributed by atoms with E-state index < -0.39 is 0 Å². The zero-order chi connectivity index (χ0) is 6.93. The predicted molar refractivity (Wildman–Crippen MR) is 44.0 cm³/mol. The normalized spacial score (nSPS) is 62.2. The second-order valence-corrected chi connectivity index (χ2v) is 4.50. The zero-order valence-corrected chi connectivity index (χ0v) is 7.66. The molecule has 2 nitrogen and oxygen atoms in total. The number of hydrogen-bond donors (Lipinski definition) is 0. The molecule has 0 aromatic carbocycles. The highest BCUT2D eigenvalue weighted by Crippen LogP contribution is 2.56. The Morgan fingerprint density at radius 2 is 2.50 bits per heavy atom. The van der Waals surface area contributed by atoms with Crippen LogP contribution in [0.15, 0.2) is 9.66 Å². The van der Waals surface area contributed by atoms with Crippen molar-refractivity contribution in [2.24, 2.45) is 0 Å². The van der Waals surface area contributed by atoms with Crippen molar-refractivity contribution < 1.29 is 9.47 Å². The summed E-state index contributed by atoms with van der Waals surface area (Å²) in [7, 11) is 0. The van der Waals surface area contributed by atoms with Gasteiger partial charge in [-0.15, -0.1) is 0 Å². The molecular formula is C7H7IO2. The first-order valence-corrected chi connectivity index (χ1v) is 4.50. The lowest BCUT2D eigenvalue weighted by atomic mass is 9.96. The topological polar surface area (TPSA) is 25.1 Å². The largest absolute Gasteiger partial charge is 0.361 e. The Morgan fingerprint density at radius 3 is 3.30 bits per heavy atom. The van der Waals surface area contributed by atoms with Gasteiger partial charge in [0.25, 0.3) is 0 Å². The highest BCUT2D eigenvalue weighted by atomic mass is 127. The summed E-state index contributed by atoms with van der Waals surface area (Å²) in [4.78, 5) is 0. The molecule has 0 aromatic rings. The van der Waals surface area contributed by atoms with Gasteiger partial charge in [0.15, 0.2) is 0 Å². The minimum Gasteiger partial charge on any atom is -0.361 e. The number of rotatable bonds is 0. The maximum atomic E-state index is 5.48. The molecule has 1 aliphatic carbocycles. The van der Waals surface area contributed by atoms with Crippen LogP contribution in [0.5, 0.6) is 0 Å². The van der Waals surface area contributed by atoms with Crippen LogP contribution in [0, 0.1) is 0 Å². The Kier molecular flexibility index (Phi) is 0.862. The third kappa shape index (κ3) is 0.530. The highest BCUT2D eigenvalue weighted by molar-refractivity contribution is 14.1. The molecule has 0 bridgehead atoms. The molecule has 0 amide bonds. The second-order valence-electron chi connectivity index (χ2n) is 3.25. The van der Waals surface area contributed by atoms with E-state index in [1.165, 1.54) is 3.58 Å². The molecule has 2 aliphatic heterocycles. The van der Waals surface area contributed by atoms with Crippen LogP contribution in [0.3, 0.4) is 0 Å². The van der Waals surface area contributed by atoms with Crippen molar-refractivity contribution in [1.29, 1.82) is 0 Å². The molecule has 54 valence electrons. The van der Waals surface area contributed by atoms with Gasteiger partial charge < -0.3 is 9.47 Å². The quantitative estimate of drug-likeness (QED) is 0.477. The Bertz CT molecular complexity index is 238. The minimum absolute atomic E-state index is 0.0549. The Labute approximate surface area is 72.7 Å². The SMILES string of the molecule is C[C@@]12O[C@@H]1C=C(I)[C@H]1O[C@H]12. The standard InChI is InChI=1S/C7H7IO2/c1-7-4(10-7)2-3(8)5-6(7)9-5/h2,4-6H,1H3/t4-,5-,6-,7-/m1/s1. The van der Waals surface area contributed by atoms with Gasteiger partial charge in [-0.05, 0) is 35.6 Å². The Balaban J connectivity index is 2.05. The number of fused-ring (bicyclic) bond motifs is 3. The van der Waals surface area contributed by atoms with Gasteiger partial charge in [-0.2, -0.15) is 0 Å². The van der Waals surface area contributed by atoms with Gasteiger partial charge >= 0.3 is 0 Å². The molecule has 2 saturated heterocycles. The van der Waals surface area contributed by atoms with Crippen molar-refractivity contribution in [2.75, 3.05) is 0 Å². The highest BCUT2D eigenvalue weighted by Gasteiger charge is 2.69. The first-order valence-electron chi connectivity index (χ1n) is 3.42. The molecule has 4 atom stereocenters. The maximum Gasteiger partial charge on any atom is 0.125 e. The van der Waals surface area contributed by atoms with Gasteiger partial charge in [0.2, 0.25) is 0 Å². The molecule has 0 saturated carbocycles. The molecule has 3 aliphatic rings. The van der Waals surface area contributed by atoms with Crippen LogP contribution < -0.4 is 0 Å². The van der Waals surface area contributed by atoms with E-state index in [0.29, 0.717) is 18.3 Å². The lowest BCUT2D eigenvalue weighted by Crippen LogP contribution is -2.22. The number of ether oxygens (including phenoxy) is 2. The third-order valence-corrected chi connectivity index (χ3v) is 3.50. The molecule has 0 aromatic heterocycles. The molecular weight excluding hydrogens is 243 g/mol.